The second-order valence-electron chi connectivity index (χ2n) is 6.86. The zero-order chi connectivity index (χ0) is 24.1. The summed E-state index contributed by atoms with van der Waals surface area (Å²) in [5.74, 6) is 0.905. The van der Waals surface area contributed by atoms with Gasteiger partial charge in [-0.25, -0.2) is 21.6 Å². The van der Waals surface area contributed by atoms with Gasteiger partial charge in [-0.1, -0.05) is 6.07 Å². The molecule has 0 aliphatic carbocycles. The van der Waals surface area contributed by atoms with Crippen LogP contribution in [0.25, 0.3) is 0 Å². The number of hydrogen-bond donors (Lipinski definition) is 1. The van der Waals surface area contributed by atoms with E-state index < -0.39 is 31.7 Å². The molecule has 0 aliphatic heterocycles. The highest BCUT2D eigenvalue weighted by molar-refractivity contribution is 7.92. The molecule has 11 heteroatoms. The average Bonchev–Trinajstić information content (AvgIpc) is 2.84. The zero-order valence-corrected chi connectivity index (χ0v) is 19.9. The third kappa shape index (κ3) is 5.44. The summed E-state index contributed by atoms with van der Waals surface area (Å²) in [4.78, 5) is 3.85. The summed E-state index contributed by atoms with van der Waals surface area (Å²) in [6.07, 6.45) is 2.90. The zero-order valence-electron chi connectivity index (χ0n) is 18.3. The SMILES string of the molecule is COc1ccc(S(=O)(=O)[C@H](CNS(=O)(=O)c2cc(OC)ccc2OC)c2cccnc2)cc1. The average molecular weight is 493 g/mol. The summed E-state index contributed by atoms with van der Waals surface area (Å²) < 4.78 is 70.9. The molecule has 0 amide bonds. The maximum atomic E-state index is 13.5. The highest BCUT2D eigenvalue weighted by Gasteiger charge is 2.32. The van der Waals surface area contributed by atoms with Gasteiger partial charge >= 0.3 is 0 Å². The smallest absolute Gasteiger partial charge is 0.244 e. The maximum Gasteiger partial charge on any atom is 0.244 e. The van der Waals surface area contributed by atoms with Gasteiger partial charge in [-0.3, -0.25) is 4.98 Å². The van der Waals surface area contributed by atoms with Crippen LogP contribution in [0.15, 0.2) is 76.8 Å². The molecule has 9 nitrogen and oxygen atoms in total. The Labute approximate surface area is 193 Å². The Morgan fingerprint density at radius 2 is 1.55 bits per heavy atom. The minimum absolute atomic E-state index is 0.0234. The predicted octanol–water partition coefficient (Wildman–Crippen LogP) is 2.60. The molecule has 3 rings (SSSR count). The Hall–Kier alpha value is -3.15. The van der Waals surface area contributed by atoms with Crippen molar-refractivity contribution in [3.63, 3.8) is 0 Å². The highest BCUT2D eigenvalue weighted by atomic mass is 32.2. The Morgan fingerprint density at radius 1 is 0.879 bits per heavy atom. The largest absolute Gasteiger partial charge is 0.497 e. The fourth-order valence-corrected chi connectivity index (χ4v) is 6.14. The van der Waals surface area contributed by atoms with E-state index in [0.29, 0.717) is 17.1 Å². The van der Waals surface area contributed by atoms with Crippen molar-refractivity contribution >= 4 is 19.9 Å². The normalized spacial score (nSPS) is 12.7. The van der Waals surface area contributed by atoms with Gasteiger partial charge in [0.05, 0.1) is 26.2 Å². The van der Waals surface area contributed by atoms with Gasteiger partial charge in [0.2, 0.25) is 10.0 Å². The number of rotatable bonds is 10. The monoisotopic (exact) mass is 492 g/mol. The number of nitrogens with one attached hydrogen (secondary N) is 1. The lowest BCUT2D eigenvalue weighted by molar-refractivity contribution is 0.392. The summed E-state index contributed by atoms with van der Waals surface area (Å²) in [6.45, 7) is -0.428. The summed E-state index contributed by atoms with van der Waals surface area (Å²) in [7, 11) is -3.92. The first-order chi connectivity index (χ1) is 15.7. The van der Waals surface area contributed by atoms with Crippen molar-refractivity contribution in [2.45, 2.75) is 15.0 Å². The maximum absolute atomic E-state index is 13.5. The van der Waals surface area contributed by atoms with E-state index in [4.69, 9.17) is 14.2 Å². The number of hydrogen-bond acceptors (Lipinski definition) is 8. The molecule has 2 aromatic carbocycles. The lowest BCUT2D eigenvalue weighted by atomic mass is 10.2. The molecule has 0 spiro atoms. The van der Waals surface area contributed by atoms with E-state index >= 15 is 0 Å². The number of methoxy groups -OCH3 is 3. The first-order valence-electron chi connectivity index (χ1n) is 9.72. The molecule has 1 heterocycles. The molecule has 0 fully saturated rings. The number of ether oxygens (including phenoxy) is 3. The van der Waals surface area contributed by atoms with Crippen molar-refractivity contribution in [2.24, 2.45) is 0 Å². The topological polar surface area (TPSA) is 121 Å². The molecular formula is C22H24N2O7S2. The molecule has 1 N–H and O–H groups in total. The molecule has 33 heavy (non-hydrogen) atoms. The quantitative estimate of drug-likeness (QED) is 0.458. The number of aromatic nitrogens is 1. The van der Waals surface area contributed by atoms with Gasteiger partial charge in [0.1, 0.15) is 27.4 Å². The Kier molecular flexibility index (Phi) is 7.57. The number of benzene rings is 2. The minimum atomic E-state index is -4.15. The van der Waals surface area contributed by atoms with Crippen LogP contribution in [0.3, 0.4) is 0 Å². The standard InChI is InChI=1S/C22H24N2O7S2/c1-29-17-6-9-19(10-7-17)32(25,26)22(16-5-4-12-23-14-16)15-24-33(27,28)21-13-18(30-2)8-11-20(21)31-3/h4-14,22,24H,15H2,1-3H3/t22-/m1/s1. The lowest BCUT2D eigenvalue weighted by Crippen LogP contribution is -2.32. The van der Waals surface area contributed by atoms with Crippen molar-refractivity contribution in [1.82, 2.24) is 9.71 Å². The number of sulfone groups is 1. The van der Waals surface area contributed by atoms with Crippen LogP contribution >= 0.6 is 0 Å². The second-order valence-corrected chi connectivity index (χ2v) is 10.7. The van der Waals surface area contributed by atoms with Crippen LogP contribution in [0, 0.1) is 0 Å². The van der Waals surface area contributed by atoms with E-state index in [1.54, 1.807) is 18.2 Å². The Bertz CT molecular complexity index is 1290. The lowest BCUT2D eigenvalue weighted by Gasteiger charge is -2.19. The fourth-order valence-electron chi connectivity index (χ4n) is 3.16. The van der Waals surface area contributed by atoms with E-state index in [-0.39, 0.29) is 15.5 Å². The van der Waals surface area contributed by atoms with Crippen molar-refractivity contribution < 1.29 is 31.0 Å². The van der Waals surface area contributed by atoms with Gasteiger partial charge in [0.25, 0.3) is 0 Å². The first kappa shape index (κ1) is 24.5. The van der Waals surface area contributed by atoms with Crippen LogP contribution in [0.2, 0.25) is 0 Å². The van der Waals surface area contributed by atoms with Crippen LogP contribution in [-0.2, 0) is 19.9 Å². The molecule has 3 aromatic rings. The number of sulfonamides is 1. The van der Waals surface area contributed by atoms with E-state index in [1.165, 1.54) is 70.1 Å². The number of nitrogens with zero attached hydrogens (tertiary/aromatic N) is 1. The van der Waals surface area contributed by atoms with Crippen molar-refractivity contribution in [1.29, 1.82) is 0 Å². The van der Waals surface area contributed by atoms with Crippen molar-refractivity contribution in [2.75, 3.05) is 27.9 Å². The molecule has 1 aromatic heterocycles. The molecule has 176 valence electrons. The van der Waals surface area contributed by atoms with Crippen LogP contribution in [0.1, 0.15) is 10.8 Å². The highest BCUT2D eigenvalue weighted by Crippen LogP contribution is 2.31. The van der Waals surface area contributed by atoms with Gasteiger partial charge in [0.15, 0.2) is 9.84 Å². The van der Waals surface area contributed by atoms with Crippen LogP contribution in [0.5, 0.6) is 17.2 Å². The van der Waals surface area contributed by atoms with Crippen LogP contribution in [-0.4, -0.2) is 49.7 Å². The minimum Gasteiger partial charge on any atom is -0.497 e. The first-order valence-corrected chi connectivity index (χ1v) is 12.8. The molecule has 0 saturated heterocycles. The molecule has 0 radical (unpaired) electrons. The fraction of sp³-hybridized carbons (Fsp3) is 0.227. The summed E-state index contributed by atoms with van der Waals surface area (Å²) >= 11 is 0. The predicted molar refractivity (Wildman–Crippen MR) is 122 cm³/mol. The summed E-state index contributed by atoms with van der Waals surface area (Å²) in [6, 6.07) is 13.4. The van der Waals surface area contributed by atoms with Gasteiger partial charge in [0, 0.05) is 25.0 Å². The molecule has 0 saturated carbocycles. The molecule has 1 atom stereocenters. The summed E-state index contributed by atoms with van der Waals surface area (Å²) in [5, 5.41) is -1.23. The van der Waals surface area contributed by atoms with E-state index in [2.05, 4.69) is 9.71 Å². The van der Waals surface area contributed by atoms with Gasteiger partial charge < -0.3 is 14.2 Å². The van der Waals surface area contributed by atoms with Gasteiger partial charge in [-0.05, 0) is 48.0 Å². The van der Waals surface area contributed by atoms with E-state index in [9.17, 15) is 16.8 Å². The van der Waals surface area contributed by atoms with Gasteiger partial charge in [-0.2, -0.15) is 0 Å². The molecule has 0 unspecified atom stereocenters. The third-order valence-corrected chi connectivity index (χ3v) is 8.50. The van der Waals surface area contributed by atoms with Crippen LogP contribution in [0.4, 0.5) is 0 Å². The van der Waals surface area contributed by atoms with E-state index in [0.717, 1.165) is 0 Å². The van der Waals surface area contributed by atoms with Gasteiger partial charge in [-0.15, -0.1) is 0 Å². The Morgan fingerprint density at radius 3 is 2.12 bits per heavy atom. The molecule has 0 aliphatic rings. The van der Waals surface area contributed by atoms with Crippen molar-refractivity contribution in [3.8, 4) is 17.2 Å². The molecular weight excluding hydrogens is 468 g/mol. The Balaban J connectivity index is 1.98. The third-order valence-electron chi connectivity index (χ3n) is 4.94. The molecule has 0 bridgehead atoms. The summed E-state index contributed by atoms with van der Waals surface area (Å²) in [5.41, 5.74) is 0.341. The van der Waals surface area contributed by atoms with E-state index in [1.807, 2.05) is 0 Å². The number of pyridine rings is 1. The second kappa shape index (κ2) is 10.2. The van der Waals surface area contributed by atoms with Crippen LogP contribution < -0.4 is 18.9 Å². The van der Waals surface area contributed by atoms with Crippen molar-refractivity contribution in [3.05, 3.63) is 72.6 Å².